The first-order chi connectivity index (χ1) is 8.14. The van der Waals surface area contributed by atoms with Crippen LogP contribution in [0.4, 0.5) is 0 Å². The van der Waals surface area contributed by atoms with Gasteiger partial charge in [0, 0.05) is 6.42 Å². The van der Waals surface area contributed by atoms with Crippen LogP contribution in [0.1, 0.15) is 43.8 Å². The minimum Gasteiger partial charge on any atom is -0.469 e. The molecule has 1 fully saturated rings. The summed E-state index contributed by atoms with van der Waals surface area (Å²) in [4.78, 5) is 15.2. The molecule has 1 saturated carbocycles. The standard InChI is InChI=1S/C12H18N2O3/c1-16-10(15)5-4-9-8-14-11(17-9)12(13)6-2-3-7-12/h8H,2-7,13H2,1H3. The van der Waals surface area contributed by atoms with E-state index in [4.69, 9.17) is 10.2 Å². The van der Waals surface area contributed by atoms with Gasteiger partial charge in [-0.05, 0) is 12.8 Å². The van der Waals surface area contributed by atoms with Crippen molar-refractivity contribution < 1.29 is 13.9 Å². The average molecular weight is 238 g/mol. The van der Waals surface area contributed by atoms with Gasteiger partial charge >= 0.3 is 5.97 Å². The molecule has 1 heterocycles. The quantitative estimate of drug-likeness (QED) is 0.804. The zero-order chi connectivity index (χ0) is 12.3. The lowest BCUT2D eigenvalue weighted by atomic mass is 10.00. The third-order valence-corrected chi connectivity index (χ3v) is 3.28. The first-order valence-corrected chi connectivity index (χ1v) is 5.95. The van der Waals surface area contributed by atoms with Gasteiger partial charge < -0.3 is 14.9 Å². The molecule has 0 aliphatic heterocycles. The number of hydrogen-bond donors (Lipinski definition) is 1. The number of methoxy groups -OCH3 is 1. The van der Waals surface area contributed by atoms with E-state index in [1.165, 1.54) is 7.11 Å². The van der Waals surface area contributed by atoms with Gasteiger partial charge in [0.2, 0.25) is 5.89 Å². The summed E-state index contributed by atoms with van der Waals surface area (Å²) in [6.07, 6.45) is 6.56. The topological polar surface area (TPSA) is 78.3 Å². The maximum absolute atomic E-state index is 11.0. The van der Waals surface area contributed by atoms with Gasteiger partial charge in [-0.15, -0.1) is 0 Å². The molecule has 0 spiro atoms. The number of aromatic nitrogens is 1. The normalized spacial score (nSPS) is 18.2. The molecule has 17 heavy (non-hydrogen) atoms. The highest BCUT2D eigenvalue weighted by molar-refractivity contribution is 5.69. The molecule has 94 valence electrons. The molecule has 0 unspecified atom stereocenters. The summed E-state index contributed by atoms with van der Waals surface area (Å²) in [5.74, 6) is 1.06. The van der Waals surface area contributed by atoms with Crippen molar-refractivity contribution in [2.75, 3.05) is 7.11 Å². The maximum atomic E-state index is 11.0. The predicted molar refractivity (Wildman–Crippen MR) is 61.2 cm³/mol. The van der Waals surface area contributed by atoms with Gasteiger partial charge in [0.1, 0.15) is 5.76 Å². The van der Waals surface area contributed by atoms with Crippen LogP contribution >= 0.6 is 0 Å². The number of nitrogens with zero attached hydrogens (tertiary/aromatic N) is 1. The summed E-state index contributed by atoms with van der Waals surface area (Å²) in [7, 11) is 1.38. The molecule has 0 saturated heterocycles. The zero-order valence-electron chi connectivity index (χ0n) is 10.1. The summed E-state index contributed by atoms with van der Waals surface area (Å²) >= 11 is 0. The molecule has 0 bridgehead atoms. The van der Waals surface area contributed by atoms with E-state index in [-0.39, 0.29) is 5.97 Å². The van der Waals surface area contributed by atoms with Gasteiger partial charge in [0.05, 0.1) is 25.3 Å². The Balaban J connectivity index is 1.98. The van der Waals surface area contributed by atoms with Crippen molar-refractivity contribution in [3.05, 3.63) is 17.8 Å². The molecule has 2 rings (SSSR count). The Bertz CT molecular complexity index is 394. The van der Waals surface area contributed by atoms with Crippen molar-refractivity contribution in [2.24, 2.45) is 5.73 Å². The second-order valence-electron chi connectivity index (χ2n) is 4.57. The lowest BCUT2D eigenvalue weighted by Crippen LogP contribution is -2.33. The van der Waals surface area contributed by atoms with Crippen LogP contribution in [0, 0.1) is 0 Å². The van der Waals surface area contributed by atoms with E-state index in [0.29, 0.717) is 24.5 Å². The molecular formula is C12H18N2O3. The zero-order valence-corrected chi connectivity index (χ0v) is 10.1. The van der Waals surface area contributed by atoms with Gasteiger partial charge in [0.15, 0.2) is 0 Å². The summed E-state index contributed by atoms with van der Waals surface area (Å²) in [5.41, 5.74) is 5.83. The number of nitrogens with two attached hydrogens (primary N) is 1. The van der Waals surface area contributed by atoms with Crippen LogP contribution < -0.4 is 5.73 Å². The third kappa shape index (κ3) is 2.66. The first kappa shape index (κ1) is 12.1. The minimum absolute atomic E-state index is 0.244. The molecule has 0 amide bonds. The molecule has 2 N–H and O–H groups in total. The van der Waals surface area contributed by atoms with Gasteiger partial charge in [-0.2, -0.15) is 0 Å². The fourth-order valence-corrected chi connectivity index (χ4v) is 2.20. The van der Waals surface area contributed by atoms with Crippen LogP contribution in [-0.2, 0) is 21.5 Å². The molecule has 1 aromatic rings. The molecule has 1 aliphatic carbocycles. The Morgan fingerprint density at radius 1 is 1.59 bits per heavy atom. The van der Waals surface area contributed by atoms with E-state index in [1.54, 1.807) is 6.20 Å². The molecule has 0 atom stereocenters. The highest BCUT2D eigenvalue weighted by Crippen LogP contribution is 2.35. The smallest absolute Gasteiger partial charge is 0.305 e. The number of hydrogen-bond acceptors (Lipinski definition) is 5. The van der Waals surface area contributed by atoms with E-state index in [1.807, 2.05) is 0 Å². The highest BCUT2D eigenvalue weighted by atomic mass is 16.5. The molecule has 0 aromatic carbocycles. The van der Waals surface area contributed by atoms with Crippen LogP contribution in [0.5, 0.6) is 0 Å². The lowest BCUT2D eigenvalue weighted by Gasteiger charge is -2.18. The SMILES string of the molecule is COC(=O)CCc1cnc(C2(N)CCCC2)o1. The van der Waals surface area contributed by atoms with Gasteiger partial charge in [-0.3, -0.25) is 4.79 Å². The number of esters is 1. The fraction of sp³-hybridized carbons (Fsp3) is 0.667. The van der Waals surface area contributed by atoms with E-state index < -0.39 is 5.54 Å². The number of carbonyl (C=O) groups is 1. The number of ether oxygens (including phenoxy) is 1. The third-order valence-electron chi connectivity index (χ3n) is 3.28. The Morgan fingerprint density at radius 2 is 2.29 bits per heavy atom. The highest BCUT2D eigenvalue weighted by Gasteiger charge is 2.35. The Morgan fingerprint density at radius 3 is 2.94 bits per heavy atom. The molecular weight excluding hydrogens is 220 g/mol. The Hall–Kier alpha value is -1.36. The van der Waals surface area contributed by atoms with Crippen LogP contribution in [0.25, 0.3) is 0 Å². The van der Waals surface area contributed by atoms with E-state index in [0.717, 1.165) is 25.7 Å². The van der Waals surface area contributed by atoms with E-state index in [9.17, 15) is 4.79 Å². The average Bonchev–Trinajstić information content (AvgIpc) is 2.95. The monoisotopic (exact) mass is 238 g/mol. The summed E-state index contributed by atoms with van der Waals surface area (Å²) in [5, 5.41) is 0. The van der Waals surface area contributed by atoms with Crippen molar-refractivity contribution in [1.29, 1.82) is 0 Å². The molecule has 1 aromatic heterocycles. The van der Waals surface area contributed by atoms with Crippen molar-refractivity contribution in [3.63, 3.8) is 0 Å². The molecule has 0 radical (unpaired) electrons. The van der Waals surface area contributed by atoms with Crippen LogP contribution in [0.15, 0.2) is 10.6 Å². The molecule has 5 nitrogen and oxygen atoms in total. The van der Waals surface area contributed by atoms with Crippen molar-refractivity contribution in [2.45, 2.75) is 44.1 Å². The summed E-state index contributed by atoms with van der Waals surface area (Å²) in [6.45, 7) is 0. The first-order valence-electron chi connectivity index (χ1n) is 5.95. The predicted octanol–water partition coefficient (Wildman–Crippen LogP) is 1.51. The second-order valence-corrected chi connectivity index (χ2v) is 4.57. The van der Waals surface area contributed by atoms with Gasteiger partial charge in [0.25, 0.3) is 0 Å². The molecule has 5 heteroatoms. The van der Waals surface area contributed by atoms with E-state index >= 15 is 0 Å². The fourth-order valence-electron chi connectivity index (χ4n) is 2.20. The van der Waals surface area contributed by atoms with Crippen molar-refractivity contribution in [3.8, 4) is 0 Å². The Labute approximate surface area is 100 Å². The largest absolute Gasteiger partial charge is 0.469 e. The second kappa shape index (κ2) is 4.87. The number of carbonyl (C=O) groups excluding carboxylic acids is 1. The van der Waals surface area contributed by atoms with Gasteiger partial charge in [-0.25, -0.2) is 4.98 Å². The van der Waals surface area contributed by atoms with Crippen molar-refractivity contribution >= 4 is 5.97 Å². The maximum Gasteiger partial charge on any atom is 0.305 e. The number of oxazole rings is 1. The minimum atomic E-state index is -0.399. The van der Waals surface area contributed by atoms with Gasteiger partial charge in [-0.1, -0.05) is 12.8 Å². The van der Waals surface area contributed by atoms with Crippen LogP contribution in [0.3, 0.4) is 0 Å². The molecule has 1 aliphatic rings. The van der Waals surface area contributed by atoms with Crippen LogP contribution in [0.2, 0.25) is 0 Å². The summed E-state index contributed by atoms with van der Waals surface area (Å²) in [6, 6.07) is 0. The lowest BCUT2D eigenvalue weighted by molar-refractivity contribution is -0.140. The van der Waals surface area contributed by atoms with Crippen molar-refractivity contribution in [1.82, 2.24) is 4.98 Å². The van der Waals surface area contributed by atoms with E-state index in [2.05, 4.69) is 9.72 Å². The summed E-state index contributed by atoms with van der Waals surface area (Å²) < 4.78 is 10.2. The van der Waals surface area contributed by atoms with Crippen LogP contribution in [-0.4, -0.2) is 18.1 Å². The number of aryl methyl sites for hydroxylation is 1. The number of rotatable bonds is 4. The Kier molecular flexibility index (Phi) is 3.47.